The number of anilines is 2. The van der Waals surface area contributed by atoms with E-state index in [0.29, 0.717) is 44.5 Å². The highest BCUT2D eigenvalue weighted by Crippen LogP contribution is 2.34. The number of allylic oxidation sites excluding steroid dienone is 1. The van der Waals surface area contributed by atoms with Gasteiger partial charge in [-0.1, -0.05) is 83.6 Å². The Morgan fingerprint density at radius 3 is 2.48 bits per heavy atom. The highest BCUT2D eigenvalue weighted by molar-refractivity contribution is 9.10. The maximum atomic E-state index is 14.2. The van der Waals surface area contributed by atoms with Gasteiger partial charge in [-0.2, -0.15) is 0 Å². The zero-order valence-electron chi connectivity index (χ0n) is 22.0. The van der Waals surface area contributed by atoms with E-state index < -0.39 is 6.04 Å². The molecule has 2 N–H and O–H groups in total. The number of nitrogens with zero attached hydrogens (tertiary/aromatic N) is 2. The van der Waals surface area contributed by atoms with Crippen LogP contribution in [0.3, 0.4) is 0 Å². The molecule has 0 saturated carbocycles. The quantitative estimate of drug-likeness (QED) is 0.336. The third-order valence-electron chi connectivity index (χ3n) is 7.15. The number of benzene rings is 3. The van der Waals surface area contributed by atoms with Crippen molar-refractivity contribution in [3.05, 3.63) is 125 Å². The van der Waals surface area contributed by atoms with Crippen molar-refractivity contribution in [1.29, 1.82) is 0 Å². The molecule has 0 fully saturated rings. The molecule has 7 nitrogen and oxygen atoms in total. The highest BCUT2D eigenvalue weighted by Gasteiger charge is 2.34. The van der Waals surface area contributed by atoms with E-state index in [4.69, 9.17) is 4.99 Å². The Balaban J connectivity index is 1.58. The molecule has 40 heavy (non-hydrogen) atoms. The fraction of sp³-hybridized carbons (Fsp3) is 0.161. The molecule has 200 valence electrons. The van der Waals surface area contributed by atoms with Crippen molar-refractivity contribution in [3.8, 4) is 0 Å². The fourth-order valence-corrected chi connectivity index (χ4v) is 6.63. The van der Waals surface area contributed by atoms with Crippen molar-refractivity contribution >= 4 is 56.0 Å². The molecule has 1 aromatic heterocycles. The molecule has 3 heterocycles. The molecular weight excluding hydrogens is 588 g/mol. The fourth-order valence-electron chi connectivity index (χ4n) is 5.13. The topological polar surface area (TPSA) is 92.6 Å². The summed E-state index contributed by atoms with van der Waals surface area (Å²) in [4.78, 5) is 46.2. The van der Waals surface area contributed by atoms with E-state index in [9.17, 15) is 14.4 Å². The van der Waals surface area contributed by atoms with Crippen LogP contribution in [-0.2, 0) is 9.59 Å². The number of amides is 2. The predicted molar refractivity (Wildman–Crippen MR) is 161 cm³/mol. The molecule has 3 aromatic carbocycles. The molecule has 0 radical (unpaired) electrons. The number of carbonyl (C=O) groups is 2. The van der Waals surface area contributed by atoms with Crippen LogP contribution >= 0.6 is 27.3 Å². The first kappa shape index (κ1) is 26.2. The van der Waals surface area contributed by atoms with Crippen molar-refractivity contribution in [3.63, 3.8) is 0 Å². The lowest BCUT2D eigenvalue weighted by Gasteiger charge is -2.25. The molecular formula is C31H25BrN4O3S. The third kappa shape index (κ3) is 4.45. The summed E-state index contributed by atoms with van der Waals surface area (Å²) in [6.45, 7) is 6.01. The Kier molecular flexibility index (Phi) is 6.64. The van der Waals surface area contributed by atoms with Crippen LogP contribution in [0.25, 0.3) is 5.57 Å². The van der Waals surface area contributed by atoms with Gasteiger partial charge in [0, 0.05) is 21.4 Å². The van der Waals surface area contributed by atoms with Crippen LogP contribution in [0.5, 0.6) is 0 Å². The van der Waals surface area contributed by atoms with E-state index in [-0.39, 0.29) is 21.9 Å². The van der Waals surface area contributed by atoms with Gasteiger partial charge >= 0.3 is 0 Å². The van der Waals surface area contributed by atoms with Gasteiger partial charge in [0.25, 0.3) is 17.4 Å². The van der Waals surface area contributed by atoms with Crippen LogP contribution in [0.1, 0.15) is 49.4 Å². The molecule has 0 unspecified atom stereocenters. The van der Waals surface area contributed by atoms with Gasteiger partial charge in [-0.05, 0) is 54.3 Å². The number of hydrogen-bond donors (Lipinski definition) is 2. The molecule has 2 aliphatic heterocycles. The number of halogens is 1. The van der Waals surface area contributed by atoms with Crippen molar-refractivity contribution in [1.82, 2.24) is 4.57 Å². The number of hydrogen-bond acceptors (Lipinski definition) is 5. The number of thiazole rings is 1. The lowest BCUT2D eigenvalue weighted by molar-refractivity contribution is -0.113. The molecule has 0 bridgehead atoms. The largest absolute Gasteiger partial charge is 0.322 e. The van der Waals surface area contributed by atoms with E-state index in [1.165, 1.54) is 11.3 Å². The number of nitrogens with one attached hydrogen (secondary N) is 2. The zero-order chi connectivity index (χ0) is 28.1. The Hall–Kier alpha value is -4.08. The van der Waals surface area contributed by atoms with E-state index >= 15 is 0 Å². The van der Waals surface area contributed by atoms with Gasteiger partial charge in [0.15, 0.2) is 4.80 Å². The van der Waals surface area contributed by atoms with Crippen LogP contribution in [-0.4, -0.2) is 16.4 Å². The first-order chi connectivity index (χ1) is 19.2. The van der Waals surface area contributed by atoms with Crippen molar-refractivity contribution in [2.45, 2.75) is 32.7 Å². The van der Waals surface area contributed by atoms with Gasteiger partial charge in [-0.3, -0.25) is 19.0 Å². The number of para-hydroxylation sites is 1. The Bertz CT molecular complexity index is 1900. The van der Waals surface area contributed by atoms with Crippen LogP contribution in [0.2, 0.25) is 0 Å². The van der Waals surface area contributed by atoms with Crippen LogP contribution in [0.4, 0.5) is 11.4 Å². The minimum absolute atomic E-state index is 0.286. The van der Waals surface area contributed by atoms with Crippen molar-refractivity contribution in [2.75, 3.05) is 10.6 Å². The lowest BCUT2D eigenvalue weighted by atomic mass is 9.93. The highest BCUT2D eigenvalue weighted by atomic mass is 79.9. The van der Waals surface area contributed by atoms with Crippen LogP contribution < -0.4 is 25.5 Å². The van der Waals surface area contributed by atoms with E-state index in [1.54, 1.807) is 17.6 Å². The molecule has 9 heteroatoms. The summed E-state index contributed by atoms with van der Waals surface area (Å²) >= 11 is 4.64. The summed E-state index contributed by atoms with van der Waals surface area (Å²) in [6, 6.07) is 21.9. The normalized spacial score (nSPS) is 17.3. The van der Waals surface area contributed by atoms with E-state index in [1.807, 2.05) is 66.7 Å². The molecule has 4 aromatic rings. The molecule has 1 atom stereocenters. The molecule has 0 spiro atoms. The average Bonchev–Trinajstić information content (AvgIpc) is 3.42. The van der Waals surface area contributed by atoms with Gasteiger partial charge in [-0.15, -0.1) is 0 Å². The number of aromatic nitrogens is 1. The Morgan fingerprint density at radius 1 is 1.05 bits per heavy atom. The van der Waals surface area contributed by atoms with Gasteiger partial charge < -0.3 is 10.6 Å². The second kappa shape index (κ2) is 10.1. The second-order valence-electron chi connectivity index (χ2n) is 10.1. The molecule has 2 aliphatic rings. The van der Waals surface area contributed by atoms with Gasteiger partial charge in [0.1, 0.15) is 4.53 Å². The monoisotopic (exact) mass is 612 g/mol. The van der Waals surface area contributed by atoms with Gasteiger partial charge in [-0.25, -0.2) is 4.99 Å². The lowest BCUT2D eigenvalue weighted by Crippen LogP contribution is -2.41. The first-order valence-corrected chi connectivity index (χ1v) is 14.5. The first-order valence-electron chi connectivity index (χ1n) is 12.9. The second-order valence-corrected chi connectivity index (χ2v) is 12.0. The zero-order valence-corrected chi connectivity index (χ0v) is 24.4. The maximum absolute atomic E-state index is 14.2. The third-order valence-corrected chi connectivity index (χ3v) is 8.69. The molecule has 2 amide bonds. The summed E-state index contributed by atoms with van der Waals surface area (Å²) in [5, 5.41) is 5.83. The van der Waals surface area contributed by atoms with Crippen molar-refractivity contribution < 1.29 is 9.59 Å². The maximum Gasteiger partial charge on any atom is 0.271 e. The summed E-state index contributed by atoms with van der Waals surface area (Å²) in [7, 11) is 0. The Labute approximate surface area is 242 Å². The molecule has 0 aliphatic carbocycles. The van der Waals surface area contributed by atoms with Gasteiger partial charge in [0.2, 0.25) is 0 Å². The predicted octanol–water partition coefficient (Wildman–Crippen LogP) is 5.08. The smallest absolute Gasteiger partial charge is 0.271 e. The number of rotatable bonds is 4. The summed E-state index contributed by atoms with van der Waals surface area (Å²) in [6.07, 6.45) is 0. The summed E-state index contributed by atoms with van der Waals surface area (Å²) in [5.74, 6) is -0.346. The van der Waals surface area contributed by atoms with Crippen LogP contribution in [0.15, 0.2) is 98.3 Å². The molecule has 6 rings (SSSR count). The van der Waals surface area contributed by atoms with Crippen LogP contribution in [0, 0.1) is 0 Å². The van der Waals surface area contributed by atoms with E-state index in [2.05, 4.69) is 40.4 Å². The average molecular weight is 614 g/mol. The standard InChI is InChI=1S/C31H25BrN4O3S/c1-16(2)18-9-11-19(12-10-18)26-24(28(37)34-21-7-5-4-6-8-21)17(3)33-31-36(26)30(39)27(40-31)25-22-15-20(32)13-14-23(22)35-29(25)38/h4-16,26H,1-3H3,(H,34,37)(H,35,38)/b27-25-/t26-/m1/s1. The summed E-state index contributed by atoms with van der Waals surface area (Å²) < 4.78 is 2.63. The number of carbonyl (C=O) groups excluding carboxylic acids is 2. The SMILES string of the molecule is CC1=C(C(=O)Nc2ccccc2)[C@@H](c2ccc(C(C)C)cc2)n2c(s/c(=C3\C(=O)Nc4ccc(Br)cc43)c2=O)=N1. The Morgan fingerprint density at radius 2 is 1.77 bits per heavy atom. The minimum atomic E-state index is -0.720. The van der Waals surface area contributed by atoms with Crippen molar-refractivity contribution in [2.24, 2.45) is 4.99 Å². The molecule has 0 saturated heterocycles. The minimum Gasteiger partial charge on any atom is -0.322 e. The van der Waals surface area contributed by atoms with Gasteiger partial charge in [0.05, 0.1) is 22.9 Å². The summed E-state index contributed by atoms with van der Waals surface area (Å²) in [5.41, 5.74) is 4.72. The number of fused-ring (bicyclic) bond motifs is 2. The van der Waals surface area contributed by atoms with E-state index in [0.717, 1.165) is 15.6 Å².